The zero-order chi connectivity index (χ0) is 14.6. The highest BCUT2D eigenvalue weighted by Gasteiger charge is 2.35. The lowest BCUT2D eigenvalue weighted by molar-refractivity contribution is -0.144. The van der Waals surface area contributed by atoms with Crippen molar-refractivity contribution in [2.24, 2.45) is 5.92 Å². The van der Waals surface area contributed by atoms with Crippen LogP contribution in [0.25, 0.3) is 0 Å². The number of aromatic nitrogens is 2. The normalized spacial score (nSPS) is 17.1. The molecule has 1 heterocycles. The number of nitrogens with one attached hydrogen (secondary N) is 1. The van der Waals surface area contributed by atoms with Crippen LogP contribution < -0.4 is 11.1 Å². The molecule has 1 aromatic heterocycles. The van der Waals surface area contributed by atoms with Gasteiger partial charge in [0.25, 0.3) is 0 Å². The van der Waals surface area contributed by atoms with Crippen LogP contribution in [0.1, 0.15) is 44.3 Å². The van der Waals surface area contributed by atoms with E-state index in [9.17, 15) is 13.2 Å². The van der Waals surface area contributed by atoms with Crippen molar-refractivity contribution in [1.82, 2.24) is 9.97 Å². The molecule has 1 aromatic rings. The summed E-state index contributed by atoms with van der Waals surface area (Å²) in [5, 5.41) is 2.91. The van der Waals surface area contributed by atoms with Crippen molar-refractivity contribution in [2.75, 3.05) is 17.6 Å². The van der Waals surface area contributed by atoms with Crippen molar-refractivity contribution < 1.29 is 13.2 Å². The summed E-state index contributed by atoms with van der Waals surface area (Å²) in [6.45, 7) is 0.610. The molecule has 4 nitrogen and oxygen atoms in total. The maximum atomic E-state index is 12.6. The molecule has 2 rings (SSSR count). The molecule has 0 radical (unpaired) electrons. The summed E-state index contributed by atoms with van der Waals surface area (Å²) >= 11 is 0. The Bertz CT molecular complexity index is 442. The molecule has 0 unspecified atom stereocenters. The summed E-state index contributed by atoms with van der Waals surface area (Å²) in [5.74, 6) is -0.566. The fraction of sp³-hybridized carbons (Fsp3) is 0.692. The van der Waals surface area contributed by atoms with E-state index >= 15 is 0 Å². The van der Waals surface area contributed by atoms with Gasteiger partial charge in [0.05, 0.1) is 0 Å². The second-order valence-corrected chi connectivity index (χ2v) is 5.22. The highest BCUT2D eigenvalue weighted by Crippen LogP contribution is 2.28. The lowest BCUT2D eigenvalue weighted by atomic mass is 9.87. The van der Waals surface area contributed by atoms with Gasteiger partial charge in [0.2, 0.25) is 5.82 Å². The van der Waals surface area contributed by atoms with Gasteiger partial charge in [-0.25, -0.2) is 9.97 Å². The zero-order valence-corrected chi connectivity index (χ0v) is 11.2. The number of hydrogen-bond acceptors (Lipinski definition) is 4. The van der Waals surface area contributed by atoms with E-state index in [0.29, 0.717) is 12.5 Å². The average Bonchev–Trinajstić information content (AvgIpc) is 2.38. The second kappa shape index (κ2) is 6.28. The summed E-state index contributed by atoms with van der Waals surface area (Å²) in [6, 6.07) is 1.33. The van der Waals surface area contributed by atoms with Crippen molar-refractivity contribution >= 4 is 11.6 Å². The molecule has 0 bridgehead atoms. The van der Waals surface area contributed by atoms with E-state index in [-0.39, 0.29) is 11.6 Å². The van der Waals surface area contributed by atoms with Gasteiger partial charge >= 0.3 is 6.18 Å². The number of rotatable bonds is 4. The van der Waals surface area contributed by atoms with Gasteiger partial charge in [0.15, 0.2) is 0 Å². The Kier molecular flexibility index (Phi) is 4.67. The van der Waals surface area contributed by atoms with E-state index in [2.05, 4.69) is 15.3 Å². The van der Waals surface area contributed by atoms with Crippen LogP contribution in [-0.2, 0) is 6.18 Å². The van der Waals surface area contributed by atoms with Crippen LogP contribution >= 0.6 is 0 Å². The topological polar surface area (TPSA) is 63.8 Å². The van der Waals surface area contributed by atoms with Crippen LogP contribution in [0.5, 0.6) is 0 Å². The first-order chi connectivity index (χ1) is 9.45. The quantitative estimate of drug-likeness (QED) is 0.890. The van der Waals surface area contributed by atoms with Gasteiger partial charge in [-0.1, -0.05) is 32.1 Å². The van der Waals surface area contributed by atoms with E-state index in [1.54, 1.807) is 0 Å². The van der Waals surface area contributed by atoms with Crippen molar-refractivity contribution in [1.29, 1.82) is 0 Å². The Hall–Kier alpha value is -1.53. The molecule has 0 aromatic carbocycles. The highest BCUT2D eigenvalue weighted by atomic mass is 19.4. The molecule has 1 aliphatic rings. The van der Waals surface area contributed by atoms with Crippen LogP contribution in [-0.4, -0.2) is 16.5 Å². The van der Waals surface area contributed by atoms with E-state index in [1.807, 2.05) is 0 Å². The van der Waals surface area contributed by atoms with Crippen LogP contribution in [0, 0.1) is 5.92 Å². The maximum absolute atomic E-state index is 12.6. The highest BCUT2D eigenvalue weighted by molar-refractivity contribution is 5.44. The van der Waals surface area contributed by atoms with Gasteiger partial charge in [0.1, 0.15) is 11.6 Å². The lowest BCUT2D eigenvalue weighted by Gasteiger charge is -2.21. The molecule has 1 aliphatic carbocycles. The third kappa shape index (κ3) is 4.25. The number of halogens is 3. The molecule has 1 saturated carbocycles. The molecular formula is C13H19F3N4. The Morgan fingerprint density at radius 1 is 1.20 bits per heavy atom. The minimum atomic E-state index is -4.57. The van der Waals surface area contributed by atoms with E-state index < -0.39 is 12.0 Å². The van der Waals surface area contributed by atoms with Gasteiger partial charge in [0, 0.05) is 12.6 Å². The van der Waals surface area contributed by atoms with Gasteiger partial charge in [-0.15, -0.1) is 0 Å². The molecule has 7 heteroatoms. The third-order valence-corrected chi connectivity index (χ3v) is 3.58. The fourth-order valence-corrected chi connectivity index (χ4v) is 2.56. The predicted octanol–water partition coefficient (Wildman–Crippen LogP) is 3.46. The first-order valence-electron chi connectivity index (χ1n) is 6.91. The molecule has 20 heavy (non-hydrogen) atoms. The van der Waals surface area contributed by atoms with E-state index in [1.165, 1.54) is 38.2 Å². The van der Waals surface area contributed by atoms with Crippen molar-refractivity contribution in [3.05, 3.63) is 11.9 Å². The Morgan fingerprint density at radius 3 is 2.55 bits per heavy atom. The predicted molar refractivity (Wildman–Crippen MR) is 71.1 cm³/mol. The van der Waals surface area contributed by atoms with Crippen LogP contribution in [0.15, 0.2) is 6.07 Å². The first-order valence-corrected chi connectivity index (χ1v) is 6.91. The summed E-state index contributed by atoms with van der Waals surface area (Å²) in [5.41, 5.74) is 5.38. The molecule has 0 amide bonds. The van der Waals surface area contributed by atoms with Gasteiger partial charge in [-0.05, 0) is 12.3 Å². The number of nitrogen functional groups attached to an aromatic ring is 1. The van der Waals surface area contributed by atoms with Crippen LogP contribution in [0.3, 0.4) is 0 Å². The Balaban J connectivity index is 1.90. The SMILES string of the molecule is Nc1cc(NCCC2CCCCC2)nc(C(F)(F)F)n1. The fourth-order valence-electron chi connectivity index (χ4n) is 2.56. The zero-order valence-electron chi connectivity index (χ0n) is 11.2. The molecule has 0 spiro atoms. The van der Waals surface area contributed by atoms with Crippen molar-refractivity contribution in [2.45, 2.75) is 44.7 Å². The molecule has 0 aliphatic heterocycles. The lowest BCUT2D eigenvalue weighted by Crippen LogP contribution is -2.16. The van der Waals surface area contributed by atoms with Gasteiger partial charge < -0.3 is 11.1 Å². The van der Waals surface area contributed by atoms with Gasteiger partial charge in [-0.2, -0.15) is 13.2 Å². The molecule has 0 saturated heterocycles. The van der Waals surface area contributed by atoms with Crippen LogP contribution in [0.2, 0.25) is 0 Å². The minimum absolute atomic E-state index is 0.139. The van der Waals surface area contributed by atoms with Crippen molar-refractivity contribution in [3.8, 4) is 0 Å². The third-order valence-electron chi connectivity index (χ3n) is 3.58. The largest absolute Gasteiger partial charge is 0.451 e. The number of nitrogens with zero attached hydrogens (tertiary/aromatic N) is 2. The van der Waals surface area contributed by atoms with Gasteiger partial charge in [-0.3, -0.25) is 0 Å². The van der Waals surface area contributed by atoms with Crippen LogP contribution in [0.4, 0.5) is 24.8 Å². The summed E-state index contributed by atoms with van der Waals surface area (Å²) in [7, 11) is 0. The average molecular weight is 288 g/mol. The monoisotopic (exact) mass is 288 g/mol. The summed E-state index contributed by atoms with van der Waals surface area (Å²) < 4.78 is 37.7. The Labute approximate surface area is 116 Å². The molecule has 0 atom stereocenters. The number of hydrogen-bond donors (Lipinski definition) is 2. The smallest absolute Gasteiger partial charge is 0.384 e. The second-order valence-electron chi connectivity index (χ2n) is 5.22. The molecule has 3 N–H and O–H groups in total. The summed E-state index contributed by atoms with van der Waals surface area (Å²) in [4.78, 5) is 6.66. The number of alkyl halides is 3. The standard InChI is InChI=1S/C13H19F3N4/c14-13(15,16)12-19-10(17)8-11(20-12)18-7-6-9-4-2-1-3-5-9/h8-9H,1-7H2,(H3,17,18,19,20). The van der Waals surface area contributed by atoms with Crippen molar-refractivity contribution in [3.63, 3.8) is 0 Å². The molecule has 112 valence electrons. The van der Waals surface area contributed by atoms with E-state index in [4.69, 9.17) is 5.73 Å². The number of nitrogens with two attached hydrogens (primary N) is 1. The maximum Gasteiger partial charge on any atom is 0.451 e. The number of anilines is 2. The summed E-state index contributed by atoms with van der Waals surface area (Å²) in [6.07, 6.45) is 2.59. The van der Waals surface area contributed by atoms with E-state index in [0.717, 1.165) is 6.42 Å². The minimum Gasteiger partial charge on any atom is -0.384 e. The first kappa shape index (κ1) is 14.9. The molecular weight excluding hydrogens is 269 g/mol. The Morgan fingerprint density at radius 2 is 1.90 bits per heavy atom. The molecule has 1 fully saturated rings.